The van der Waals surface area contributed by atoms with Crippen molar-refractivity contribution >= 4 is 22.9 Å². The second-order valence-electron chi connectivity index (χ2n) is 14.6. The van der Waals surface area contributed by atoms with Gasteiger partial charge in [0, 0.05) is 36.5 Å². The number of aliphatic hydroxyl groups is 1. The first kappa shape index (κ1) is 36.3. The first-order valence-corrected chi connectivity index (χ1v) is 17.4. The van der Waals surface area contributed by atoms with Gasteiger partial charge in [0.15, 0.2) is 12.2 Å². The van der Waals surface area contributed by atoms with Gasteiger partial charge in [-0.25, -0.2) is 9.59 Å². The molecule has 2 aromatic carbocycles. The second kappa shape index (κ2) is 15.3. The molecule has 9 heteroatoms. The minimum absolute atomic E-state index is 0.0223. The molecule has 0 saturated carbocycles. The van der Waals surface area contributed by atoms with Gasteiger partial charge in [-0.3, -0.25) is 4.79 Å². The van der Waals surface area contributed by atoms with E-state index in [-0.39, 0.29) is 30.9 Å². The van der Waals surface area contributed by atoms with Crippen LogP contribution in [0.25, 0.3) is 11.0 Å². The third-order valence-corrected chi connectivity index (χ3v) is 9.78. The molecule has 0 fully saturated rings. The summed E-state index contributed by atoms with van der Waals surface area (Å²) >= 11 is 0. The number of ether oxygens (including phenoxy) is 4. The van der Waals surface area contributed by atoms with Crippen molar-refractivity contribution in [3.05, 3.63) is 85.8 Å². The van der Waals surface area contributed by atoms with Crippen LogP contribution in [-0.4, -0.2) is 42.5 Å². The Morgan fingerprint density at radius 2 is 1.67 bits per heavy atom. The summed E-state index contributed by atoms with van der Waals surface area (Å²) in [5.41, 5.74) is 2.96. The van der Waals surface area contributed by atoms with Gasteiger partial charge in [-0.1, -0.05) is 50.1 Å². The molecule has 0 saturated heterocycles. The van der Waals surface area contributed by atoms with Gasteiger partial charge in [0.1, 0.15) is 16.9 Å². The van der Waals surface area contributed by atoms with Crippen LogP contribution in [0.2, 0.25) is 0 Å². The molecular weight excluding hydrogens is 624 g/mol. The average molecular weight is 675 g/mol. The van der Waals surface area contributed by atoms with E-state index in [0.717, 1.165) is 36.0 Å². The van der Waals surface area contributed by atoms with Crippen molar-refractivity contribution in [2.45, 2.75) is 111 Å². The van der Waals surface area contributed by atoms with E-state index in [2.05, 4.69) is 38.1 Å². The topological polar surface area (TPSA) is 122 Å². The fourth-order valence-corrected chi connectivity index (χ4v) is 7.01. The molecule has 0 aliphatic carbocycles. The van der Waals surface area contributed by atoms with E-state index in [1.54, 1.807) is 26.0 Å². The van der Waals surface area contributed by atoms with Crippen molar-refractivity contribution in [3.63, 3.8) is 0 Å². The number of carbonyl (C=O) groups is 2. The Bertz CT molecular complexity index is 1760. The number of methoxy groups -OCH3 is 1. The molecule has 3 aromatic rings. The highest BCUT2D eigenvalue weighted by atomic mass is 16.6. The number of hydrogen-bond donors (Lipinski definition) is 1. The highest BCUT2D eigenvalue weighted by Gasteiger charge is 2.50. The third kappa shape index (κ3) is 8.10. The number of benzene rings is 2. The van der Waals surface area contributed by atoms with Gasteiger partial charge >= 0.3 is 17.6 Å². The van der Waals surface area contributed by atoms with Crippen LogP contribution < -0.4 is 10.4 Å². The maximum atomic E-state index is 14.1. The summed E-state index contributed by atoms with van der Waals surface area (Å²) in [4.78, 5) is 41.5. The zero-order valence-electron chi connectivity index (χ0n) is 29.9. The lowest BCUT2D eigenvalue weighted by molar-refractivity contribution is -0.188. The Balaban J connectivity index is 1.67. The summed E-state index contributed by atoms with van der Waals surface area (Å²) in [7, 11) is 1.53. The van der Waals surface area contributed by atoms with Crippen molar-refractivity contribution < 1.29 is 38.1 Å². The molecule has 0 amide bonds. The van der Waals surface area contributed by atoms with Crippen LogP contribution in [-0.2, 0) is 49.7 Å². The van der Waals surface area contributed by atoms with Crippen molar-refractivity contribution in [3.8, 4) is 5.75 Å². The van der Waals surface area contributed by atoms with Gasteiger partial charge in [0.2, 0.25) is 0 Å². The van der Waals surface area contributed by atoms with E-state index in [1.807, 2.05) is 13.8 Å². The van der Waals surface area contributed by atoms with E-state index >= 15 is 0 Å². The maximum absolute atomic E-state index is 14.1. The zero-order valence-corrected chi connectivity index (χ0v) is 29.9. The summed E-state index contributed by atoms with van der Waals surface area (Å²) in [5, 5.41) is 10.9. The maximum Gasteiger partial charge on any atom is 0.339 e. The van der Waals surface area contributed by atoms with Gasteiger partial charge < -0.3 is 28.5 Å². The lowest BCUT2D eigenvalue weighted by atomic mass is 9.85. The summed E-state index contributed by atoms with van der Waals surface area (Å²) in [5.74, 6) is -0.142. The molecule has 0 spiro atoms. The lowest BCUT2D eigenvalue weighted by Gasteiger charge is -2.43. The van der Waals surface area contributed by atoms with Crippen molar-refractivity contribution in [2.75, 3.05) is 13.7 Å². The minimum Gasteiger partial charge on any atom is -0.483 e. The molecule has 3 unspecified atom stereocenters. The molecule has 2 bridgehead atoms. The molecule has 1 N–H and O–H groups in total. The first-order valence-electron chi connectivity index (χ1n) is 17.4. The summed E-state index contributed by atoms with van der Waals surface area (Å²) in [6.07, 6.45) is 1.79. The Kier molecular flexibility index (Phi) is 11.3. The van der Waals surface area contributed by atoms with E-state index in [4.69, 9.17) is 23.4 Å². The number of allylic oxidation sites excluding steroid dienone is 1. The molecule has 264 valence electrons. The number of aryl methyl sites for hydroxylation is 1. The second-order valence-corrected chi connectivity index (χ2v) is 14.6. The molecular formula is C40H50O9. The number of esters is 2. The SMILES string of the molecule is COCCc1c(CO)c2ccc3c(c2oc1=O)C1OC(=O)CC(CCC(C)C)Cc2ccc(cc2)CCC(=C(C)C)C(=O)OC1C(C)(C)O3. The Labute approximate surface area is 288 Å². The minimum atomic E-state index is -1.16. The van der Waals surface area contributed by atoms with E-state index in [0.29, 0.717) is 52.2 Å². The molecule has 3 atom stereocenters. The molecule has 3 aliphatic rings. The highest BCUT2D eigenvalue weighted by Crippen LogP contribution is 2.47. The largest absolute Gasteiger partial charge is 0.483 e. The Morgan fingerprint density at radius 3 is 2.33 bits per heavy atom. The highest BCUT2D eigenvalue weighted by molar-refractivity contribution is 5.90. The van der Waals surface area contributed by atoms with Gasteiger partial charge in [-0.15, -0.1) is 0 Å². The monoisotopic (exact) mass is 674 g/mol. The molecule has 6 rings (SSSR count). The fraction of sp³-hybridized carbons (Fsp3) is 0.525. The number of aliphatic hydroxyl groups excluding tert-OH is 1. The van der Waals surface area contributed by atoms with Crippen LogP contribution in [0.5, 0.6) is 5.75 Å². The first-order chi connectivity index (χ1) is 23.3. The fourth-order valence-electron chi connectivity index (χ4n) is 7.01. The smallest absolute Gasteiger partial charge is 0.339 e. The predicted octanol–water partition coefficient (Wildman–Crippen LogP) is 7.11. The van der Waals surface area contributed by atoms with Crippen molar-refractivity contribution in [2.24, 2.45) is 11.8 Å². The van der Waals surface area contributed by atoms with Crippen LogP contribution in [0.3, 0.4) is 0 Å². The van der Waals surface area contributed by atoms with Crippen molar-refractivity contribution in [1.82, 2.24) is 0 Å². The van der Waals surface area contributed by atoms with Crippen LogP contribution in [0.4, 0.5) is 0 Å². The van der Waals surface area contributed by atoms with E-state index in [9.17, 15) is 19.5 Å². The number of hydrogen-bond acceptors (Lipinski definition) is 9. The Morgan fingerprint density at radius 1 is 0.959 bits per heavy atom. The summed E-state index contributed by atoms with van der Waals surface area (Å²) in [6, 6.07) is 11.9. The molecule has 0 radical (unpaired) electrons. The normalized spacial score (nSPS) is 21.2. The Hall–Kier alpha value is -3.95. The molecule has 4 heterocycles. The molecule has 3 aliphatic heterocycles. The zero-order chi connectivity index (χ0) is 35.5. The third-order valence-electron chi connectivity index (χ3n) is 9.78. The van der Waals surface area contributed by atoms with Crippen LogP contribution in [0.1, 0.15) is 101 Å². The van der Waals surface area contributed by atoms with Gasteiger partial charge in [0.25, 0.3) is 0 Å². The summed E-state index contributed by atoms with van der Waals surface area (Å²) < 4.78 is 30.3. The molecule has 49 heavy (non-hydrogen) atoms. The summed E-state index contributed by atoms with van der Waals surface area (Å²) in [6.45, 7) is 11.5. The van der Waals surface area contributed by atoms with Crippen LogP contribution in [0.15, 0.2) is 56.8 Å². The number of carbonyl (C=O) groups excluding carboxylic acids is 2. The molecule has 1 aromatic heterocycles. The van der Waals surface area contributed by atoms with Gasteiger partial charge in [-0.05, 0) is 94.0 Å². The quantitative estimate of drug-likeness (QED) is 0.159. The van der Waals surface area contributed by atoms with E-state index in [1.165, 1.54) is 7.11 Å². The predicted molar refractivity (Wildman–Crippen MR) is 186 cm³/mol. The van der Waals surface area contributed by atoms with Crippen LogP contribution >= 0.6 is 0 Å². The van der Waals surface area contributed by atoms with Crippen LogP contribution in [0, 0.1) is 11.8 Å². The number of rotatable bonds is 7. The van der Waals surface area contributed by atoms with Gasteiger partial charge in [0.05, 0.1) is 18.8 Å². The van der Waals surface area contributed by atoms with E-state index < -0.39 is 42.0 Å². The molecule has 9 nitrogen and oxygen atoms in total. The average Bonchev–Trinajstić information content (AvgIpc) is 3.03. The lowest BCUT2D eigenvalue weighted by Crippen LogP contribution is -2.52. The van der Waals surface area contributed by atoms with Crippen molar-refractivity contribution in [1.29, 1.82) is 0 Å². The van der Waals surface area contributed by atoms with Gasteiger partial charge in [-0.2, -0.15) is 0 Å². The standard InChI is InChI=1S/C40H50O9/c1-23(2)8-9-27-20-26-12-10-25(11-13-26)14-15-28(24(3)4)38(43)48-37-36(46-33(42)21-27)34-32(49-40(37,5)6)17-16-29-31(22-41)30(18-19-45-7)39(44)47-35(29)34/h10-13,16-17,23,27,36-37,41H,8-9,14-15,18-22H2,1-7H3. The number of fused-ring (bicyclic) bond motifs is 13.